The van der Waals surface area contributed by atoms with Gasteiger partial charge in [0.1, 0.15) is 5.75 Å². The molecular weight excluding hydrogens is 214 g/mol. The molecule has 0 radical (unpaired) electrons. The quantitative estimate of drug-likeness (QED) is 0.707. The van der Waals surface area contributed by atoms with E-state index < -0.39 is 0 Å². The molecule has 0 saturated heterocycles. The Labute approximate surface area is 100 Å². The van der Waals surface area contributed by atoms with Crippen LogP contribution >= 0.6 is 0 Å². The average Bonchev–Trinajstić information content (AvgIpc) is 2.33. The van der Waals surface area contributed by atoms with Crippen LogP contribution in [0.2, 0.25) is 0 Å². The summed E-state index contributed by atoms with van der Waals surface area (Å²) < 4.78 is 5.25. The van der Waals surface area contributed by atoms with Crippen molar-refractivity contribution in [2.45, 2.75) is 0 Å². The maximum atomic E-state index is 5.88. The molecule has 2 aromatic rings. The zero-order valence-electron chi connectivity index (χ0n) is 9.60. The summed E-state index contributed by atoms with van der Waals surface area (Å²) in [7, 11) is 1.63. The predicted octanol–water partition coefficient (Wildman–Crippen LogP) is 2.60. The lowest BCUT2D eigenvalue weighted by atomic mass is 10.2. The van der Waals surface area contributed by atoms with Gasteiger partial charge in [-0.15, -0.1) is 0 Å². The predicted molar refractivity (Wildman–Crippen MR) is 71.5 cm³/mol. The molecule has 5 N–H and O–H groups in total. The molecule has 0 bridgehead atoms. The van der Waals surface area contributed by atoms with Gasteiger partial charge >= 0.3 is 0 Å². The van der Waals surface area contributed by atoms with Crippen LogP contribution < -0.4 is 21.5 Å². The van der Waals surface area contributed by atoms with Crippen LogP contribution in [0.3, 0.4) is 0 Å². The number of methoxy groups -OCH3 is 1. The number of anilines is 4. The van der Waals surface area contributed by atoms with Gasteiger partial charge < -0.3 is 21.5 Å². The highest BCUT2D eigenvalue weighted by Gasteiger charge is 2.04. The zero-order chi connectivity index (χ0) is 12.3. The summed E-state index contributed by atoms with van der Waals surface area (Å²) in [4.78, 5) is 0. The highest BCUT2D eigenvalue weighted by Crippen LogP contribution is 2.30. The molecule has 0 aliphatic carbocycles. The van der Waals surface area contributed by atoms with E-state index in [4.69, 9.17) is 16.2 Å². The number of hydrogen-bond donors (Lipinski definition) is 3. The Morgan fingerprint density at radius 1 is 1.00 bits per heavy atom. The van der Waals surface area contributed by atoms with Gasteiger partial charge in [0, 0.05) is 5.69 Å². The van der Waals surface area contributed by atoms with E-state index in [2.05, 4.69) is 5.32 Å². The van der Waals surface area contributed by atoms with E-state index in [1.807, 2.05) is 30.3 Å². The summed E-state index contributed by atoms with van der Waals surface area (Å²) >= 11 is 0. The van der Waals surface area contributed by atoms with Crippen LogP contribution in [0.1, 0.15) is 0 Å². The van der Waals surface area contributed by atoms with Crippen LogP contribution in [-0.4, -0.2) is 7.11 Å². The van der Waals surface area contributed by atoms with Crippen molar-refractivity contribution in [1.82, 2.24) is 0 Å². The fourth-order valence-electron chi connectivity index (χ4n) is 1.59. The Morgan fingerprint density at radius 2 is 1.76 bits per heavy atom. The first kappa shape index (κ1) is 11.1. The van der Waals surface area contributed by atoms with Gasteiger partial charge in [-0.1, -0.05) is 12.1 Å². The number of benzene rings is 2. The topological polar surface area (TPSA) is 73.3 Å². The summed E-state index contributed by atoms with van der Waals surface area (Å²) in [6, 6.07) is 13.0. The number of nitrogens with two attached hydrogens (primary N) is 2. The maximum Gasteiger partial charge on any atom is 0.142 e. The normalized spacial score (nSPS) is 9.94. The minimum Gasteiger partial charge on any atom is -0.495 e. The van der Waals surface area contributed by atoms with Crippen molar-refractivity contribution in [3.05, 3.63) is 42.5 Å². The molecule has 0 fully saturated rings. The molecule has 2 aromatic carbocycles. The molecule has 0 heterocycles. The van der Waals surface area contributed by atoms with E-state index in [1.165, 1.54) is 0 Å². The molecule has 0 atom stereocenters. The third kappa shape index (κ3) is 2.42. The largest absolute Gasteiger partial charge is 0.495 e. The Bertz CT molecular complexity index is 526. The first-order valence-electron chi connectivity index (χ1n) is 5.26. The van der Waals surface area contributed by atoms with E-state index in [1.54, 1.807) is 19.2 Å². The summed E-state index contributed by atoms with van der Waals surface area (Å²) in [5.74, 6) is 0.767. The average molecular weight is 229 g/mol. The second kappa shape index (κ2) is 4.65. The summed E-state index contributed by atoms with van der Waals surface area (Å²) in [5, 5.41) is 3.21. The molecule has 0 aliphatic rings. The first-order valence-corrected chi connectivity index (χ1v) is 5.26. The molecule has 4 heteroatoms. The molecule has 0 aromatic heterocycles. The van der Waals surface area contributed by atoms with Crippen LogP contribution in [0.5, 0.6) is 5.75 Å². The van der Waals surface area contributed by atoms with Crippen molar-refractivity contribution in [1.29, 1.82) is 0 Å². The highest BCUT2D eigenvalue weighted by atomic mass is 16.5. The standard InChI is InChI=1S/C13H15N3O/c1-17-13-5-3-2-4-12(13)16-11-7-6-9(14)8-10(11)15/h2-8,16H,14-15H2,1H3. The number of nitrogens with one attached hydrogen (secondary N) is 1. The minimum absolute atomic E-state index is 0.607. The molecule has 88 valence electrons. The second-order valence-corrected chi connectivity index (χ2v) is 3.67. The lowest BCUT2D eigenvalue weighted by molar-refractivity contribution is 0.417. The van der Waals surface area contributed by atoms with E-state index >= 15 is 0 Å². The Morgan fingerprint density at radius 3 is 2.47 bits per heavy atom. The lowest BCUT2D eigenvalue weighted by Crippen LogP contribution is -1.99. The van der Waals surface area contributed by atoms with Crippen LogP contribution in [0.4, 0.5) is 22.7 Å². The fraction of sp³-hybridized carbons (Fsp3) is 0.0769. The molecule has 0 aliphatic heterocycles. The van der Waals surface area contributed by atoms with Crippen molar-refractivity contribution in [3.8, 4) is 5.75 Å². The number of para-hydroxylation sites is 2. The molecule has 4 nitrogen and oxygen atoms in total. The summed E-state index contributed by atoms with van der Waals surface area (Å²) in [6.45, 7) is 0. The number of nitrogen functional groups attached to an aromatic ring is 2. The van der Waals surface area contributed by atoms with Crippen molar-refractivity contribution in [2.24, 2.45) is 0 Å². The van der Waals surface area contributed by atoms with Gasteiger partial charge in [0.25, 0.3) is 0 Å². The highest BCUT2D eigenvalue weighted by molar-refractivity contribution is 5.77. The van der Waals surface area contributed by atoms with Crippen molar-refractivity contribution in [2.75, 3.05) is 23.9 Å². The van der Waals surface area contributed by atoms with Crippen LogP contribution in [-0.2, 0) is 0 Å². The van der Waals surface area contributed by atoms with Gasteiger partial charge in [-0.25, -0.2) is 0 Å². The zero-order valence-corrected chi connectivity index (χ0v) is 9.60. The number of hydrogen-bond acceptors (Lipinski definition) is 4. The fourth-order valence-corrected chi connectivity index (χ4v) is 1.59. The Hall–Kier alpha value is -2.36. The molecule has 2 rings (SSSR count). The van der Waals surface area contributed by atoms with Crippen molar-refractivity contribution in [3.63, 3.8) is 0 Å². The third-order valence-corrected chi connectivity index (χ3v) is 2.45. The Kier molecular flexibility index (Phi) is 3.05. The summed E-state index contributed by atoms with van der Waals surface area (Å²) in [6.07, 6.45) is 0. The first-order chi connectivity index (χ1) is 8.20. The minimum atomic E-state index is 0.607. The molecule has 0 spiro atoms. The van der Waals surface area contributed by atoms with E-state index in [9.17, 15) is 0 Å². The number of ether oxygens (including phenoxy) is 1. The Balaban J connectivity index is 2.31. The molecular formula is C13H15N3O. The van der Waals surface area contributed by atoms with Crippen LogP contribution in [0.15, 0.2) is 42.5 Å². The molecule has 17 heavy (non-hydrogen) atoms. The monoisotopic (exact) mass is 229 g/mol. The molecule has 0 saturated carbocycles. The van der Waals surface area contributed by atoms with E-state index in [0.29, 0.717) is 11.4 Å². The van der Waals surface area contributed by atoms with Gasteiger partial charge in [-0.05, 0) is 30.3 Å². The second-order valence-electron chi connectivity index (χ2n) is 3.67. The van der Waals surface area contributed by atoms with E-state index in [-0.39, 0.29) is 0 Å². The molecule has 0 unspecified atom stereocenters. The molecule has 0 amide bonds. The number of rotatable bonds is 3. The van der Waals surface area contributed by atoms with Crippen molar-refractivity contribution >= 4 is 22.7 Å². The van der Waals surface area contributed by atoms with Gasteiger partial charge in [-0.2, -0.15) is 0 Å². The van der Waals surface area contributed by atoms with Crippen LogP contribution in [0, 0.1) is 0 Å². The van der Waals surface area contributed by atoms with Gasteiger partial charge in [0.05, 0.1) is 24.2 Å². The van der Waals surface area contributed by atoms with E-state index in [0.717, 1.165) is 17.1 Å². The maximum absolute atomic E-state index is 5.88. The SMILES string of the molecule is COc1ccccc1Nc1ccc(N)cc1N. The van der Waals surface area contributed by atoms with Gasteiger partial charge in [-0.3, -0.25) is 0 Å². The third-order valence-electron chi connectivity index (χ3n) is 2.45. The van der Waals surface area contributed by atoms with Crippen molar-refractivity contribution < 1.29 is 4.74 Å². The lowest BCUT2D eigenvalue weighted by Gasteiger charge is -2.12. The van der Waals surface area contributed by atoms with Gasteiger partial charge in [0.15, 0.2) is 0 Å². The summed E-state index contributed by atoms with van der Waals surface area (Å²) in [5.41, 5.74) is 14.5. The smallest absolute Gasteiger partial charge is 0.142 e. The van der Waals surface area contributed by atoms with Crippen LogP contribution in [0.25, 0.3) is 0 Å². The van der Waals surface area contributed by atoms with Gasteiger partial charge in [0.2, 0.25) is 0 Å².